The van der Waals surface area contributed by atoms with Gasteiger partial charge in [-0.3, -0.25) is 0 Å². The third kappa shape index (κ3) is 5.62. The Labute approximate surface area is 186 Å². The van der Waals surface area contributed by atoms with Crippen LogP contribution in [0.15, 0.2) is 59.7 Å². The van der Waals surface area contributed by atoms with E-state index in [2.05, 4.69) is 55.0 Å². The number of hydrazone groups is 1. The molecule has 0 saturated carbocycles. The van der Waals surface area contributed by atoms with Gasteiger partial charge in [0.05, 0.1) is 6.21 Å². The largest absolute Gasteiger partial charge is 0.372 e. The molecule has 0 bridgehead atoms. The van der Waals surface area contributed by atoms with Crippen molar-refractivity contribution in [1.29, 1.82) is 0 Å². The molecule has 0 amide bonds. The van der Waals surface area contributed by atoms with E-state index in [9.17, 15) is 0 Å². The van der Waals surface area contributed by atoms with E-state index in [1.807, 2.05) is 12.1 Å². The molecular weight excluding hydrogens is 419 g/mol. The molecule has 2 N–H and O–H groups in total. The van der Waals surface area contributed by atoms with Gasteiger partial charge in [0.1, 0.15) is 11.0 Å². The molecule has 30 heavy (non-hydrogen) atoms. The number of anilines is 4. The van der Waals surface area contributed by atoms with Gasteiger partial charge in [-0.1, -0.05) is 41.4 Å². The number of hydrogen-bond acceptors (Lipinski definition) is 6. The third-order valence-corrected chi connectivity index (χ3v) is 5.21. The fourth-order valence-electron chi connectivity index (χ4n) is 3.33. The Kier molecular flexibility index (Phi) is 6.67. The van der Waals surface area contributed by atoms with E-state index in [0.717, 1.165) is 24.3 Å². The van der Waals surface area contributed by atoms with Crippen molar-refractivity contribution in [2.45, 2.75) is 19.3 Å². The zero-order valence-corrected chi connectivity index (χ0v) is 17.9. The van der Waals surface area contributed by atoms with Crippen molar-refractivity contribution in [2.75, 3.05) is 28.7 Å². The predicted molar refractivity (Wildman–Crippen MR) is 125 cm³/mol. The van der Waals surface area contributed by atoms with Crippen LogP contribution in [0.25, 0.3) is 0 Å². The Bertz CT molecular complexity index is 1020. The van der Waals surface area contributed by atoms with Crippen molar-refractivity contribution in [3.63, 3.8) is 0 Å². The summed E-state index contributed by atoms with van der Waals surface area (Å²) in [6.07, 6.45) is 5.59. The van der Waals surface area contributed by atoms with Gasteiger partial charge in [0, 0.05) is 35.6 Å². The third-order valence-electron chi connectivity index (χ3n) is 4.78. The molecule has 4 rings (SSSR count). The van der Waals surface area contributed by atoms with Crippen LogP contribution >= 0.6 is 23.2 Å². The van der Waals surface area contributed by atoms with Crippen LogP contribution in [0.3, 0.4) is 0 Å². The summed E-state index contributed by atoms with van der Waals surface area (Å²) in [5, 5.41) is 8.33. The summed E-state index contributed by atoms with van der Waals surface area (Å²) >= 11 is 12.1. The van der Waals surface area contributed by atoms with E-state index in [0.29, 0.717) is 21.9 Å². The van der Waals surface area contributed by atoms with Crippen LogP contribution in [-0.4, -0.2) is 29.3 Å². The lowest BCUT2D eigenvalue weighted by Crippen LogP contribution is -2.29. The number of nitrogens with zero attached hydrogens (tertiary/aromatic N) is 4. The summed E-state index contributed by atoms with van der Waals surface area (Å²) in [5.41, 5.74) is 5.89. The Morgan fingerprint density at radius 3 is 2.50 bits per heavy atom. The molecule has 2 heterocycles. The molecule has 6 nitrogen and oxygen atoms in total. The number of aromatic nitrogens is 2. The highest BCUT2D eigenvalue weighted by molar-refractivity contribution is 6.31. The SMILES string of the molecule is Clc1cccc(Nc2cc(Cl)nc(N/N=C/c3ccc(N4CCCCC4)cc3)n2)c1. The summed E-state index contributed by atoms with van der Waals surface area (Å²) in [4.78, 5) is 11.0. The molecule has 1 aromatic heterocycles. The van der Waals surface area contributed by atoms with Crippen molar-refractivity contribution >= 4 is 52.6 Å². The van der Waals surface area contributed by atoms with Crippen molar-refractivity contribution in [3.8, 4) is 0 Å². The second-order valence-electron chi connectivity index (χ2n) is 7.04. The van der Waals surface area contributed by atoms with Gasteiger partial charge in [-0.25, -0.2) is 5.43 Å². The van der Waals surface area contributed by atoms with Crippen molar-refractivity contribution in [2.24, 2.45) is 5.10 Å². The van der Waals surface area contributed by atoms with Gasteiger partial charge >= 0.3 is 0 Å². The first kappa shape index (κ1) is 20.4. The lowest BCUT2D eigenvalue weighted by atomic mass is 10.1. The average molecular weight is 441 g/mol. The number of nitrogens with one attached hydrogen (secondary N) is 2. The van der Waals surface area contributed by atoms with Gasteiger partial charge < -0.3 is 10.2 Å². The average Bonchev–Trinajstić information content (AvgIpc) is 2.74. The number of halogens is 2. The highest BCUT2D eigenvalue weighted by atomic mass is 35.5. The summed E-state index contributed by atoms with van der Waals surface area (Å²) in [5.74, 6) is 0.842. The first-order valence-corrected chi connectivity index (χ1v) is 10.6. The maximum Gasteiger partial charge on any atom is 0.246 e. The van der Waals surface area contributed by atoms with Crippen molar-refractivity contribution < 1.29 is 0 Å². The minimum absolute atomic E-state index is 0.299. The smallest absolute Gasteiger partial charge is 0.246 e. The molecule has 2 aromatic carbocycles. The first-order chi connectivity index (χ1) is 14.7. The fraction of sp³-hybridized carbons (Fsp3) is 0.227. The highest BCUT2D eigenvalue weighted by Crippen LogP contribution is 2.22. The molecule has 0 unspecified atom stereocenters. The van der Waals surface area contributed by atoms with E-state index in [1.54, 1.807) is 24.4 Å². The quantitative estimate of drug-likeness (QED) is 0.281. The minimum atomic E-state index is 0.299. The molecule has 8 heteroatoms. The zero-order valence-electron chi connectivity index (χ0n) is 16.4. The molecule has 1 aliphatic heterocycles. The molecular formula is C22H22Cl2N6. The van der Waals surface area contributed by atoms with Gasteiger partial charge in [-0.2, -0.15) is 15.1 Å². The maximum atomic E-state index is 6.12. The summed E-state index contributed by atoms with van der Waals surface area (Å²) in [6, 6.07) is 17.4. The van der Waals surface area contributed by atoms with Gasteiger partial charge in [-0.15, -0.1) is 0 Å². The van der Waals surface area contributed by atoms with Crippen LogP contribution in [0.4, 0.5) is 23.1 Å². The normalized spacial score (nSPS) is 14.1. The van der Waals surface area contributed by atoms with E-state index in [4.69, 9.17) is 23.2 Å². The van der Waals surface area contributed by atoms with E-state index in [-0.39, 0.29) is 0 Å². The zero-order chi connectivity index (χ0) is 20.8. The van der Waals surface area contributed by atoms with Crippen LogP contribution in [0, 0.1) is 0 Å². The molecule has 1 saturated heterocycles. The number of benzene rings is 2. The monoisotopic (exact) mass is 440 g/mol. The van der Waals surface area contributed by atoms with Crippen LogP contribution in [-0.2, 0) is 0 Å². The highest BCUT2D eigenvalue weighted by Gasteiger charge is 2.10. The van der Waals surface area contributed by atoms with Crippen LogP contribution in [0.1, 0.15) is 24.8 Å². The first-order valence-electron chi connectivity index (χ1n) is 9.87. The fourth-order valence-corrected chi connectivity index (χ4v) is 3.71. The van der Waals surface area contributed by atoms with Crippen LogP contribution in [0.5, 0.6) is 0 Å². The Morgan fingerprint density at radius 2 is 1.73 bits per heavy atom. The summed E-state index contributed by atoms with van der Waals surface area (Å²) < 4.78 is 0. The molecule has 1 fully saturated rings. The maximum absolute atomic E-state index is 6.12. The van der Waals surface area contributed by atoms with Crippen LogP contribution < -0.4 is 15.6 Å². The van der Waals surface area contributed by atoms with Gasteiger partial charge in [0.15, 0.2) is 0 Å². The van der Waals surface area contributed by atoms with E-state index in [1.165, 1.54) is 24.9 Å². The van der Waals surface area contributed by atoms with Gasteiger partial charge in [0.25, 0.3) is 0 Å². The molecule has 0 atom stereocenters. The molecule has 0 radical (unpaired) electrons. The van der Waals surface area contributed by atoms with E-state index < -0.39 is 0 Å². The minimum Gasteiger partial charge on any atom is -0.372 e. The predicted octanol–water partition coefficient (Wildman–Crippen LogP) is 5.96. The van der Waals surface area contributed by atoms with E-state index >= 15 is 0 Å². The van der Waals surface area contributed by atoms with Gasteiger partial charge in [-0.05, 0) is 55.2 Å². The second-order valence-corrected chi connectivity index (χ2v) is 7.87. The summed E-state index contributed by atoms with van der Waals surface area (Å²) in [6.45, 7) is 2.26. The van der Waals surface area contributed by atoms with Crippen molar-refractivity contribution in [1.82, 2.24) is 9.97 Å². The number of hydrogen-bond donors (Lipinski definition) is 2. The Hall–Kier alpha value is -2.83. The number of rotatable bonds is 6. The van der Waals surface area contributed by atoms with Crippen LogP contribution in [0.2, 0.25) is 10.2 Å². The molecule has 1 aliphatic rings. The van der Waals surface area contributed by atoms with Crippen molar-refractivity contribution in [3.05, 3.63) is 70.3 Å². The molecule has 154 valence electrons. The molecule has 0 spiro atoms. The Balaban J connectivity index is 1.39. The lowest BCUT2D eigenvalue weighted by molar-refractivity contribution is 0.578. The summed E-state index contributed by atoms with van der Waals surface area (Å²) in [7, 11) is 0. The van der Waals surface area contributed by atoms with Gasteiger partial charge in [0.2, 0.25) is 5.95 Å². The molecule has 3 aromatic rings. The standard InChI is InChI=1S/C22H22Cl2N6/c23-17-5-4-6-18(13-17)26-21-14-20(24)27-22(28-21)29-25-15-16-7-9-19(10-8-16)30-11-2-1-3-12-30/h4-10,13-15H,1-3,11-12H2,(H2,26,27,28,29)/b25-15+. The number of piperidine rings is 1. The Morgan fingerprint density at radius 1 is 0.933 bits per heavy atom. The topological polar surface area (TPSA) is 65.4 Å². The molecule has 0 aliphatic carbocycles. The second kappa shape index (κ2) is 9.78. The lowest BCUT2D eigenvalue weighted by Gasteiger charge is -2.28.